The number of benzene rings is 1. The number of piperidine rings is 2. The van der Waals surface area contributed by atoms with E-state index in [4.69, 9.17) is 4.74 Å². The highest BCUT2D eigenvalue weighted by Crippen LogP contribution is 2.20. The molecule has 0 spiro atoms. The Bertz CT molecular complexity index is 477. The summed E-state index contributed by atoms with van der Waals surface area (Å²) in [5.74, 6) is 1.50. The Morgan fingerprint density at radius 2 is 1.64 bits per heavy atom. The second-order valence-electron chi connectivity index (χ2n) is 7.65. The lowest BCUT2D eigenvalue weighted by Gasteiger charge is -2.31. The Morgan fingerprint density at radius 3 is 2.32 bits per heavy atom. The lowest BCUT2D eigenvalue weighted by molar-refractivity contribution is 0.127. The summed E-state index contributed by atoms with van der Waals surface area (Å²) in [6.45, 7) is 8.06. The summed E-state index contributed by atoms with van der Waals surface area (Å²) in [7, 11) is 0. The van der Waals surface area contributed by atoms with Crippen LogP contribution in [0.4, 0.5) is 0 Å². The van der Waals surface area contributed by atoms with E-state index in [0.29, 0.717) is 12.5 Å². The van der Waals surface area contributed by atoms with Crippen LogP contribution in [0.15, 0.2) is 24.3 Å². The van der Waals surface area contributed by atoms with Gasteiger partial charge in [-0.2, -0.15) is 0 Å². The van der Waals surface area contributed by atoms with Gasteiger partial charge < -0.3 is 14.7 Å². The van der Waals surface area contributed by atoms with Crippen LogP contribution in [0.1, 0.15) is 44.1 Å². The summed E-state index contributed by atoms with van der Waals surface area (Å²) in [6.07, 6.45) is 7.48. The normalized spacial score (nSPS) is 20.7. The highest BCUT2D eigenvalue weighted by atomic mass is 16.5. The lowest BCUT2D eigenvalue weighted by Crippen LogP contribution is -2.34. The number of likely N-dealkylation sites (tertiary alicyclic amines) is 2. The van der Waals surface area contributed by atoms with Crippen LogP contribution < -0.4 is 4.74 Å². The monoisotopic (exact) mass is 346 g/mol. The molecule has 0 bridgehead atoms. The molecule has 2 aliphatic heterocycles. The SMILES string of the molecule is OCC1CCN(Cc2ccc(OCCCN3CCCCC3)cc2)CC1. The molecule has 1 N–H and O–H groups in total. The first-order valence-electron chi connectivity index (χ1n) is 10.1. The van der Waals surface area contributed by atoms with Crippen molar-refractivity contribution in [2.75, 3.05) is 45.9 Å². The molecule has 0 aromatic heterocycles. The van der Waals surface area contributed by atoms with E-state index in [2.05, 4.69) is 34.1 Å². The van der Waals surface area contributed by atoms with Crippen molar-refractivity contribution in [1.29, 1.82) is 0 Å². The smallest absolute Gasteiger partial charge is 0.119 e. The third-order valence-corrected chi connectivity index (χ3v) is 5.63. The zero-order chi connectivity index (χ0) is 17.3. The minimum atomic E-state index is 0.345. The van der Waals surface area contributed by atoms with Crippen molar-refractivity contribution in [2.24, 2.45) is 5.92 Å². The molecule has 0 radical (unpaired) electrons. The molecule has 2 saturated heterocycles. The first kappa shape index (κ1) is 18.7. The first-order chi connectivity index (χ1) is 12.3. The molecule has 4 nitrogen and oxygen atoms in total. The van der Waals surface area contributed by atoms with Gasteiger partial charge in [0.15, 0.2) is 0 Å². The Labute approximate surface area is 152 Å². The van der Waals surface area contributed by atoms with Crippen LogP contribution in [0.3, 0.4) is 0 Å². The largest absolute Gasteiger partial charge is 0.494 e. The maximum Gasteiger partial charge on any atom is 0.119 e. The van der Waals surface area contributed by atoms with Gasteiger partial charge in [-0.3, -0.25) is 4.90 Å². The molecular formula is C21H34N2O2. The van der Waals surface area contributed by atoms with E-state index in [-0.39, 0.29) is 0 Å². The van der Waals surface area contributed by atoms with Crippen LogP contribution >= 0.6 is 0 Å². The molecule has 2 heterocycles. The van der Waals surface area contributed by atoms with Crippen molar-refractivity contribution >= 4 is 0 Å². The predicted octanol–water partition coefficient (Wildman–Crippen LogP) is 3.15. The van der Waals surface area contributed by atoms with Crippen molar-refractivity contribution in [2.45, 2.75) is 45.1 Å². The van der Waals surface area contributed by atoms with E-state index in [9.17, 15) is 5.11 Å². The number of hydrogen-bond acceptors (Lipinski definition) is 4. The van der Waals surface area contributed by atoms with Gasteiger partial charge in [-0.1, -0.05) is 18.6 Å². The summed E-state index contributed by atoms with van der Waals surface area (Å²) in [4.78, 5) is 5.05. The second-order valence-corrected chi connectivity index (χ2v) is 7.65. The van der Waals surface area contributed by atoms with Gasteiger partial charge in [-0.25, -0.2) is 0 Å². The average Bonchev–Trinajstić information content (AvgIpc) is 2.68. The molecule has 2 fully saturated rings. The van der Waals surface area contributed by atoms with Gasteiger partial charge in [0.1, 0.15) is 5.75 Å². The van der Waals surface area contributed by atoms with Gasteiger partial charge in [-0.15, -0.1) is 0 Å². The van der Waals surface area contributed by atoms with Crippen LogP contribution in [0.2, 0.25) is 0 Å². The van der Waals surface area contributed by atoms with E-state index in [1.807, 2.05) is 0 Å². The number of rotatable bonds is 8. The van der Waals surface area contributed by atoms with E-state index < -0.39 is 0 Å². The number of hydrogen-bond donors (Lipinski definition) is 1. The summed E-state index contributed by atoms with van der Waals surface area (Å²) < 4.78 is 5.90. The summed E-state index contributed by atoms with van der Waals surface area (Å²) >= 11 is 0. The molecule has 0 amide bonds. The zero-order valence-corrected chi connectivity index (χ0v) is 15.5. The fourth-order valence-corrected chi connectivity index (χ4v) is 3.94. The van der Waals surface area contributed by atoms with E-state index >= 15 is 0 Å². The Balaban J connectivity index is 1.33. The van der Waals surface area contributed by atoms with Crippen molar-refractivity contribution in [3.63, 3.8) is 0 Å². The third-order valence-electron chi connectivity index (χ3n) is 5.63. The molecule has 140 valence electrons. The predicted molar refractivity (Wildman–Crippen MR) is 102 cm³/mol. The lowest BCUT2D eigenvalue weighted by atomic mass is 9.97. The molecule has 0 unspecified atom stereocenters. The van der Waals surface area contributed by atoms with Gasteiger partial charge in [0.25, 0.3) is 0 Å². The topological polar surface area (TPSA) is 35.9 Å². The van der Waals surface area contributed by atoms with E-state index in [1.165, 1.54) is 44.5 Å². The molecular weight excluding hydrogens is 312 g/mol. The van der Waals surface area contributed by atoms with E-state index in [1.54, 1.807) is 0 Å². The average molecular weight is 347 g/mol. The van der Waals surface area contributed by atoms with E-state index in [0.717, 1.165) is 51.3 Å². The van der Waals surface area contributed by atoms with Crippen LogP contribution in [-0.2, 0) is 6.54 Å². The Hall–Kier alpha value is -1.10. The minimum Gasteiger partial charge on any atom is -0.494 e. The van der Waals surface area contributed by atoms with Gasteiger partial charge >= 0.3 is 0 Å². The highest BCUT2D eigenvalue weighted by molar-refractivity contribution is 5.27. The maximum atomic E-state index is 9.23. The minimum absolute atomic E-state index is 0.345. The van der Waals surface area contributed by atoms with Crippen molar-refractivity contribution in [3.8, 4) is 5.75 Å². The molecule has 1 aromatic carbocycles. The quantitative estimate of drug-likeness (QED) is 0.734. The molecule has 3 rings (SSSR count). The number of nitrogens with zero attached hydrogens (tertiary/aromatic N) is 2. The molecule has 4 heteroatoms. The third kappa shape index (κ3) is 6.28. The fraction of sp³-hybridized carbons (Fsp3) is 0.714. The summed E-state index contributed by atoms with van der Waals surface area (Å²) in [5.41, 5.74) is 1.35. The Morgan fingerprint density at radius 1 is 0.920 bits per heavy atom. The second kappa shape index (κ2) is 10.1. The van der Waals surface area contributed by atoms with Gasteiger partial charge in [-0.05, 0) is 81.9 Å². The standard InChI is InChI=1S/C21H34N2O2/c24-18-20-9-14-23(15-10-20)17-19-5-7-21(8-6-19)25-16-4-13-22-11-2-1-3-12-22/h5-8,20,24H,1-4,9-18H2. The van der Waals surface area contributed by atoms with Crippen LogP contribution in [-0.4, -0.2) is 60.8 Å². The zero-order valence-electron chi connectivity index (χ0n) is 15.5. The summed E-state index contributed by atoms with van der Waals surface area (Å²) in [5, 5.41) is 9.23. The fourth-order valence-electron chi connectivity index (χ4n) is 3.94. The number of aliphatic hydroxyl groups is 1. The van der Waals surface area contributed by atoms with Crippen LogP contribution in [0, 0.1) is 5.92 Å². The maximum absolute atomic E-state index is 9.23. The Kier molecular flexibility index (Phi) is 7.58. The van der Waals surface area contributed by atoms with Gasteiger partial charge in [0.05, 0.1) is 6.61 Å². The summed E-state index contributed by atoms with van der Waals surface area (Å²) in [6, 6.07) is 8.60. The van der Waals surface area contributed by atoms with Gasteiger partial charge in [0.2, 0.25) is 0 Å². The highest BCUT2D eigenvalue weighted by Gasteiger charge is 2.18. The van der Waals surface area contributed by atoms with Crippen molar-refractivity contribution in [1.82, 2.24) is 9.80 Å². The van der Waals surface area contributed by atoms with Crippen LogP contribution in [0.25, 0.3) is 0 Å². The number of ether oxygens (including phenoxy) is 1. The molecule has 1 aromatic rings. The molecule has 0 atom stereocenters. The molecule has 2 aliphatic rings. The van der Waals surface area contributed by atoms with Crippen molar-refractivity contribution < 1.29 is 9.84 Å². The molecule has 0 saturated carbocycles. The number of aliphatic hydroxyl groups excluding tert-OH is 1. The van der Waals surface area contributed by atoms with Gasteiger partial charge in [0, 0.05) is 19.7 Å². The van der Waals surface area contributed by atoms with Crippen molar-refractivity contribution in [3.05, 3.63) is 29.8 Å². The first-order valence-corrected chi connectivity index (χ1v) is 10.1. The molecule has 25 heavy (non-hydrogen) atoms. The van der Waals surface area contributed by atoms with Crippen LogP contribution in [0.5, 0.6) is 5.75 Å². The molecule has 0 aliphatic carbocycles.